The van der Waals surface area contributed by atoms with Gasteiger partial charge in [-0.2, -0.15) is 8.42 Å². The van der Waals surface area contributed by atoms with Crippen molar-refractivity contribution >= 4 is 10.4 Å². The van der Waals surface area contributed by atoms with Gasteiger partial charge in [0.05, 0.1) is 39.6 Å². The SMILES string of the molecule is CCCCCCCCCCCCCCCCOCOCCOCCOCCOS(=O)(=O)O. The molecule has 0 aromatic rings. The molecule has 0 bridgehead atoms. The first-order valence-corrected chi connectivity index (χ1v) is 13.9. The lowest BCUT2D eigenvalue weighted by molar-refractivity contribution is -0.0732. The van der Waals surface area contributed by atoms with E-state index in [1.54, 1.807) is 0 Å². The molecule has 0 unspecified atom stereocenters. The van der Waals surface area contributed by atoms with Gasteiger partial charge >= 0.3 is 10.4 Å². The van der Waals surface area contributed by atoms with Crippen LogP contribution < -0.4 is 0 Å². The standard InChI is InChI=1S/C23H48O8S/c1-2-3-4-5-6-7-8-9-10-11-12-13-14-15-16-29-23-30-20-19-27-17-18-28-21-22-31-32(24,25)26/h2-23H2,1H3,(H,24,25,26). The maximum absolute atomic E-state index is 10.3. The lowest BCUT2D eigenvalue weighted by atomic mass is 10.0. The Morgan fingerprint density at radius 3 is 1.34 bits per heavy atom. The fourth-order valence-corrected chi connectivity index (χ4v) is 3.49. The number of hydrogen-bond acceptors (Lipinski definition) is 7. The smallest absolute Gasteiger partial charge is 0.377 e. The second kappa shape index (κ2) is 25.3. The van der Waals surface area contributed by atoms with Crippen LogP contribution in [0.25, 0.3) is 0 Å². The van der Waals surface area contributed by atoms with Gasteiger partial charge < -0.3 is 18.9 Å². The predicted octanol–water partition coefficient (Wildman–Crippen LogP) is 5.31. The van der Waals surface area contributed by atoms with Crippen molar-refractivity contribution in [1.29, 1.82) is 0 Å². The summed E-state index contributed by atoms with van der Waals surface area (Å²) in [6, 6.07) is 0. The summed E-state index contributed by atoms with van der Waals surface area (Å²) in [7, 11) is -4.39. The van der Waals surface area contributed by atoms with Gasteiger partial charge in [-0.05, 0) is 6.42 Å². The molecule has 0 radical (unpaired) electrons. The van der Waals surface area contributed by atoms with Crippen molar-refractivity contribution in [3.8, 4) is 0 Å². The van der Waals surface area contributed by atoms with Crippen LogP contribution in [0.2, 0.25) is 0 Å². The highest BCUT2D eigenvalue weighted by Gasteiger charge is 2.02. The van der Waals surface area contributed by atoms with Gasteiger partial charge in [0.2, 0.25) is 0 Å². The molecule has 0 saturated heterocycles. The average Bonchev–Trinajstić information content (AvgIpc) is 2.75. The predicted molar refractivity (Wildman–Crippen MR) is 126 cm³/mol. The molecule has 1 N–H and O–H groups in total. The van der Waals surface area contributed by atoms with Crippen LogP contribution in [0.4, 0.5) is 0 Å². The van der Waals surface area contributed by atoms with Gasteiger partial charge in [0, 0.05) is 6.61 Å². The summed E-state index contributed by atoms with van der Waals surface area (Å²) in [6.07, 6.45) is 18.9. The molecular weight excluding hydrogens is 436 g/mol. The van der Waals surface area contributed by atoms with Crippen LogP contribution >= 0.6 is 0 Å². The monoisotopic (exact) mass is 484 g/mol. The van der Waals surface area contributed by atoms with Gasteiger partial charge in [-0.25, -0.2) is 4.18 Å². The Morgan fingerprint density at radius 1 is 0.500 bits per heavy atom. The summed E-state index contributed by atoms with van der Waals surface area (Å²) in [4.78, 5) is 0. The second-order valence-corrected chi connectivity index (χ2v) is 9.10. The molecule has 194 valence electrons. The van der Waals surface area contributed by atoms with E-state index in [4.69, 9.17) is 23.5 Å². The van der Waals surface area contributed by atoms with E-state index >= 15 is 0 Å². The summed E-state index contributed by atoms with van der Waals surface area (Å²) in [6.45, 7) is 4.69. The Labute approximate surface area is 196 Å². The van der Waals surface area contributed by atoms with Crippen LogP contribution in [-0.2, 0) is 33.5 Å². The van der Waals surface area contributed by atoms with Crippen molar-refractivity contribution in [2.24, 2.45) is 0 Å². The Morgan fingerprint density at radius 2 is 0.875 bits per heavy atom. The second-order valence-electron chi connectivity index (χ2n) is 8.00. The van der Waals surface area contributed by atoms with Crippen molar-refractivity contribution < 1.29 is 36.1 Å². The van der Waals surface area contributed by atoms with Gasteiger partial charge in [0.1, 0.15) is 6.79 Å². The molecule has 9 heteroatoms. The van der Waals surface area contributed by atoms with Crippen molar-refractivity contribution in [3.05, 3.63) is 0 Å². The topological polar surface area (TPSA) is 101 Å². The molecule has 0 amide bonds. The maximum atomic E-state index is 10.3. The van der Waals surface area contributed by atoms with Crippen LogP contribution in [0.5, 0.6) is 0 Å². The zero-order valence-corrected chi connectivity index (χ0v) is 21.1. The third-order valence-corrected chi connectivity index (χ3v) is 5.48. The van der Waals surface area contributed by atoms with Crippen molar-refractivity contribution in [2.45, 2.75) is 96.8 Å². The minimum atomic E-state index is -4.39. The zero-order valence-electron chi connectivity index (χ0n) is 20.3. The quantitative estimate of drug-likeness (QED) is 0.0951. The molecule has 32 heavy (non-hydrogen) atoms. The van der Waals surface area contributed by atoms with E-state index in [2.05, 4.69) is 11.1 Å². The summed E-state index contributed by atoms with van der Waals surface area (Å²) >= 11 is 0. The Kier molecular flexibility index (Phi) is 25.1. The van der Waals surface area contributed by atoms with E-state index in [1.165, 1.54) is 83.5 Å². The molecule has 0 rings (SSSR count). The average molecular weight is 485 g/mol. The Hall–Kier alpha value is -0.290. The first-order valence-electron chi connectivity index (χ1n) is 12.5. The molecule has 0 aliphatic heterocycles. The molecule has 0 aliphatic rings. The van der Waals surface area contributed by atoms with Crippen LogP contribution in [0.3, 0.4) is 0 Å². The van der Waals surface area contributed by atoms with Gasteiger partial charge in [-0.15, -0.1) is 0 Å². The molecule has 0 fully saturated rings. The Bertz CT molecular complexity index is 459. The lowest BCUT2D eigenvalue weighted by Gasteiger charge is -2.07. The van der Waals surface area contributed by atoms with Crippen LogP contribution in [0.15, 0.2) is 0 Å². The summed E-state index contributed by atoms with van der Waals surface area (Å²) < 4.78 is 54.2. The molecule has 8 nitrogen and oxygen atoms in total. The highest BCUT2D eigenvalue weighted by molar-refractivity contribution is 7.80. The van der Waals surface area contributed by atoms with E-state index in [0.717, 1.165) is 13.0 Å². The Balaban J connectivity index is 3.04. The molecule has 0 saturated carbocycles. The van der Waals surface area contributed by atoms with Gasteiger partial charge in [0.25, 0.3) is 0 Å². The third-order valence-electron chi connectivity index (χ3n) is 5.01. The first-order chi connectivity index (χ1) is 15.6. The number of hydrogen-bond donors (Lipinski definition) is 1. The summed E-state index contributed by atoms with van der Waals surface area (Å²) in [5, 5.41) is 0. The largest absolute Gasteiger partial charge is 0.397 e. The fraction of sp³-hybridized carbons (Fsp3) is 1.00. The van der Waals surface area contributed by atoms with Crippen LogP contribution in [0.1, 0.15) is 96.8 Å². The number of unbranched alkanes of at least 4 members (excludes halogenated alkanes) is 13. The highest BCUT2D eigenvalue weighted by Crippen LogP contribution is 2.12. The minimum absolute atomic E-state index is 0.0622. The minimum Gasteiger partial charge on any atom is -0.377 e. The summed E-state index contributed by atoms with van der Waals surface area (Å²) in [5.41, 5.74) is 0. The third kappa shape index (κ3) is 29.7. The molecule has 0 aromatic carbocycles. The molecule has 0 atom stereocenters. The van der Waals surface area contributed by atoms with Crippen molar-refractivity contribution in [2.75, 3.05) is 53.0 Å². The molecule has 0 aromatic heterocycles. The molecule has 0 spiro atoms. The maximum Gasteiger partial charge on any atom is 0.397 e. The van der Waals surface area contributed by atoms with E-state index in [9.17, 15) is 8.42 Å². The van der Waals surface area contributed by atoms with Gasteiger partial charge in [-0.3, -0.25) is 4.55 Å². The van der Waals surface area contributed by atoms with E-state index < -0.39 is 10.4 Å². The molecule has 0 aliphatic carbocycles. The first kappa shape index (κ1) is 31.7. The summed E-state index contributed by atoms with van der Waals surface area (Å²) in [5.74, 6) is 0. The van der Waals surface area contributed by atoms with E-state index in [1.807, 2.05) is 0 Å². The van der Waals surface area contributed by atoms with Crippen LogP contribution in [-0.4, -0.2) is 66.0 Å². The van der Waals surface area contributed by atoms with E-state index in [-0.39, 0.29) is 20.0 Å². The van der Waals surface area contributed by atoms with Gasteiger partial charge in [-0.1, -0.05) is 90.4 Å². The zero-order chi connectivity index (χ0) is 23.6. The van der Waals surface area contributed by atoms with Crippen molar-refractivity contribution in [1.82, 2.24) is 0 Å². The molecular formula is C23H48O8S. The lowest BCUT2D eigenvalue weighted by Crippen LogP contribution is -2.14. The molecule has 0 heterocycles. The van der Waals surface area contributed by atoms with E-state index in [0.29, 0.717) is 26.4 Å². The van der Waals surface area contributed by atoms with Gasteiger partial charge in [0.15, 0.2) is 0 Å². The van der Waals surface area contributed by atoms with Crippen LogP contribution in [0, 0.1) is 0 Å². The highest BCUT2D eigenvalue weighted by atomic mass is 32.3. The number of rotatable bonds is 27. The fourth-order valence-electron chi connectivity index (χ4n) is 3.21. The number of ether oxygens (including phenoxy) is 4. The normalized spacial score (nSPS) is 11.9. The van der Waals surface area contributed by atoms with Crippen molar-refractivity contribution in [3.63, 3.8) is 0 Å².